The van der Waals surface area contributed by atoms with Gasteiger partial charge in [-0.15, -0.1) is 0 Å². The monoisotopic (exact) mass is 376 g/mol. The highest BCUT2D eigenvalue weighted by molar-refractivity contribution is 14.1. The number of aliphatic hydroxyl groups is 1. The Morgan fingerprint density at radius 3 is 2.63 bits per heavy atom. The van der Waals surface area contributed by atoms with Crippen molar-refractivity contribution in [2.24, 2.45) is 5.41 Å². The number of nitrogens with one attached hydrogen (secondary N) is 1. The molecule has 0 saturated heterocycles. The number of benzene rings is 1. The summed E-state index contributed by atoms with van der Waals surface area (Å²) in [5, 5.41) is 23.6. The van der Waals surface area contributed by atoms with E-state index in [1.54, 1.807) is 12.1 Å². The highest BCUT2D eigenvalue weighted by atomic mass is 127. The van der Waals surface area contributed by atoms with E-state index in [1.807, 2.05) is 22.6 Å². The van der Waals surface area contributed by atoms with Gasteiger partial charge in [-0.2, -0.15) is 0 Å². The second-order valence-electron chi connectivity index (χ2n) is 5.14. The molecule has 1 fully saturated rings. The molecule has 2 rings (SSSR count). The van der Waals surface area contributed by atoms with Gasteiger partial charge in [0.05, 0.1) is 15.1 Å². The molecule has 0 unspecified atom stereocenters. The second-order valence-corrected chi connectivity index (χ2v) is 6.30. The van der Waals surface area contributed by atoms with Gasteiger partial charge in [0.1, 0.15) is 0 Å². The Morgan fingerprint density at radius 1 is 1.42 bits per heavy atom. The number of anilines is 1. The number of nitrogens with zero attached hydrogens (tertiary/aromatic N) is 1. The minimum absolute atomic E-state index is 0.0206. The zero-order valence-electron chi connectivity index (χ0n) is 10.6. The molecule has 0 amide bonds. The lowest BCUT2D eigenvalue weighted by molar-refractivity contribution is -0.385. The lowest BCUT2D eigenvalue weighted by Gasteiger charge is -2.27. The van der Waals surface area contributed by atoms with E-state index in [0.717, 1.165) is 25.1 Å². The van der Waals surface area contributed by atoms with Crippen LogP contribution in [-0.4, -0.2) is 23.2 Å². The van der Waals surface area contributed by atoms with Crippen LogP contribution in [0.15, 0.2) is 18.2 Å². The normalized spacial score (nSPS) is 17.4. The molecule has 1 aliphatic rings. The molecule has 5 nitrogen and oxygen atoms in total. The molecule has 1 aliphatic carbocycles. The van der Waals surface area contributed by atoms with E-state index in [-0.39, 0.29) is 22.6 Å². The van der Waals surface area contributed by atoms with E-state index < -0.39 is 0 Å². The maximum absolute atomic E-state index is 10.7. The van der Waals surface area contributed by atoms with Crippen LogP contribution in [0, 0.1) is 19.1 Å². The molecule has 0 atom stereocenters. The van der Waals surface area contributed by atoms with Crippen LogP contribution < -0.4 is 5.32 Å². The molecule has 1 aromatic carbocycles. The van der Waals surface area contributed by atoms with E-state index in [9.17, 15) is 15.2 Å². The number of hydrogen-bond acceptors (Lipinski definition) is 4. The highest BCUT2D eigenvalue weighted by Gasteiger charge is 2.32. The molecule has 0 heterocycles. The van der Waals surface area contributed by atoms with Crippen LogP contribution in [0.4, 0.5) is 11.4 Å². The first-order chi connectivity index (χ1) is 9.06. The first-order valence-electron chi connectivity index (χ1n) is 6.35. The van der Waals surface area contributed by atoms with Gasteiger partial charge in [0.2, 0.25) is 0 Å². The van der Waals surface area contributed by atoms with Crippen molar-refractivity contribution in [2.45, 2.75) is 25.7 Å². The Hall–Kier alpha value is -0.890. The van der Waals surface area contributed by atoms with Gasteiger partial charge in [-0.05, 0) is 47.6 Å². The van der Waals surface area contributed by atoms with Gasteiger partial charge in [0, 0.05) is 23.7 Å². The van der Waals surface area contributed by atoms with Gasteiger partial charge in [-0.25, -0.2) is 0 Å². The van der Waals surface area contributed by atoms with Crippen molar-refractivity contribution in [3.8, 4) is 0 Å². The Morgan fingerprint density at radius 2 is 2.11 bits per heavy atom. The first-order valence-corrected chi connectivity index (χ1v) is 7.43. The van der Waals surface area contributed by atoms with Crippen LogP contribution >= 0.6 is 22.6 Å². The third-order valence-electron chi connectivity index (χ3n) is 3.81. The van der Waals surface area contributed by atoms with E-state index >= 15 is 0 Å². The zero-order chi connectivity index (χ0) is 13.9. The summed E-state index contributed by atoms with van der Waals surface area (Å²) in [6.07, 6.45) is 4.42. The molecule has 2 N–H and O–H groups in total. The third kappa shape index (κ3) is 3.36. The third-order valence-corrected chi connectivity index (χ3v) is 4.68. The number of rotatable bonds is 5. The van der Waals surface area contributed by atoms with Crippen molar-refractivity contribution in [2.75, 3.05) is 18.5 Å². The molecule has 1 aromatic rings. The maximum atomic E-state index is 10.7. The number of halogens is 1. The van der Waals surface area contributed by atoms with E-state index in [2.05, 4.69) is 5.32 Å². The maximum Gasteiger partial charge on any atom is 0.282 e. The fourth-order valence-corrected chi connectivity index (χ4v) is 3.28. The average Bonchev–Trinajstić information content (AvgIpc) is 2.85. The fourth-order valence-electron chi connectivity index (χ4n) is 2.57. The Balaban J connectivity index is 2.03. The first kappa shape index (κ1) is 14.5. The summed E-state index contributed by atoms with van der Waals surface area (Å²) in [5.41, 5.74) is 0.978. The quantitative estimate of drug-likeness (QED) is 0.470. The van der Waals surface area contributed by atoms with Gasteiger partial charge in [0.15, 0.2) is 0 Å². The Kier molecular flexibility index (Phi) is 4.62. The SMILES string of the molecule is O=[N+]([O-])c1ccc(NCC2(CO)CCCC2)cc1I. The van der Waals surface area contributed by atoms with Crippen molar-refractivity contribution in [1.29, 1.82) is 0 Å². The summed E-state index contributed by atoms with van der Waals surface area (Å²) in [5.74, 6) is 0. The summed E-state index contributed by atoms with van der Waals surface area (Å²) in [6.45, 7) is 0.918. The highest BCUT2D eigenvalue weighted by Crippen LogP contribution is 2.37. The molecule has 0 radical (unpaired) electrons. The standard InChI is InChI=1S/C13H17IN2O3/c14-11-7-10(3-4-12(11)16(18)19)15-8-13(9-17)5-1-2-6-13/h3-4,7,15,17H,1-2,5-6,8-9H2. The van der Waals surface area contributed by atoms with E-state index in [4.69, 9.17) is 0 Å². The summed E-state index contributed by atoms with van der Waals surface area (Å²) < 4.78 is 0.622. The van der Waals surface area contributed by atoms with Crippen LogP contribution in [-0.2, 0) is 0 Å². The number of nitro groups is 1. The minimum Gasteiger partial charge on any atom is -0.396 e. The molecule has 19 heavy (non-hydrogen) atoms. The molecular weight excluding hydrogens is 359 g/mol. The topological polar surface area (TPSA) is 75.4 Å². The predicted molar refractivity (Wildman–Crippen MR) is 82.3 cm³/mol. The van der Waals surface area contributed by atoms with Crippen LogP contribution in [0.2, 0.25) is 0 Å². The van der Waals surface area contributed by atoms with Crippen LogP contribution in [0.3, 0.4) is 0 Å². The summed E-state index contributed by atoms with van der Waals surface area (Å²) in [7, 11) is 0. The molecule has 0 aliphatic heterocycles. The van der Waals surface area contributed by atoms with Crippen molar-refractivity contribution >= 4 is 34.0 Å². The fraction of sp³-hybridized carbons (Fsp3) is 0.538. The molecular formula is C13H17IN2O3. The Labute approximate surface area is 125 Å². The lowest BCUT2D eigenvalue weighted by atomic mass is 9.87. The van der Waals surface area contributed by atoms with Crippen molar-refractivity contribution in [1.82, 2.24) is 0 Å². The predicted octanol–water partition coefficient (Wildman–Crippen LogP) is 3.16. The molecule has 104 valence electrons. The van der Waals surface area contributed by atoms with Gasteiger partial charge in [-0.3, -0.25) is 10.1 Å². The van der Waals surface area contributed by atoms with Crippen LogP contribution in [0.1, 0.15) is 25.7 Å². The summed E-state index contributed by atoms with van der Waals surface area (Å²) >= 11 is 1.97. The summed E-state index contributed by atoms with van der Waals surface area (Å²) in [6, 6.07) is 5.02. The molecule has 0 spiro atoms. The Bertz CT molecular complexity index is 473. The van der Waals surface area contributed by atoms with Crippen molar-refractivity contribution in [3.63, 3.8) is 0 Å². The van der Waals surface area contributed by atoms with Gasteiger partial charge >= 0.3 is 0 Å². The second kappa shape index (κ2) is 6.04. The van der Waals surface area contributed by atoms with E-state index in [1.165, 1.54) is 18.9 Å². The molecule has 1 saturated carbocycles. The number of hydrogen-bond donors (Lipinski definition) is 2. The van der Waals surface area contributed by atoms with Crippen molar-refractivity contribution < 1.29 is 10.0 Å². The van der Waals surface area contributed by atoms with E-state index in [0.29, 0.717) is 3.57 Å². The zero-order valence-corrected chi connectivity index (χ0v) is 12.7. The minimum atomic E-state index is -0.377. The van der Waals surface area contributed by atoms with Crippen LogP contribution in [0.25, 0.3) is 0 Å². The smallest absolute Gasteiger partial charge is 0.282 e. The van der Waals surface area contributed by atoms with Crippen LogP contribution in [0.5, 0.6) is 0 Å². The van der Waals surface area contributed by atoms with Gasteiger partial charge < -0.3 is 10.4 Å². The largest absolute Gasteiger partial charge is 0.396 e. The van der Waals surface area contributed by atoms with Crippen molar-refractivity contribution in [3.05, 3.63) is 31.9 Å². The lowest BCUT2D eigenvalue weighted by Crippen LogP contribution is -2.30. The van der Waals surface area contributed by atoms with Gasteiger partial charge in [0.25, 0.3) is 5.69 Å². The molecule has 0 aromatic heterocycles. The molecule has 6 heteroatoms. The molecule has 0 bridgehead atoms. The number of nitro benzene ring substituents is 1. The number of aliphatic hydroxyl groups excluding tert-OH is 1. The van der Waals surface area contributed by atoms with Gasteiger partial charge in [-0.1, -0.05) is 12.8 Å². The summed E-state index contributed by atoms with van der Waals surface area (Å²) in [4.78, 5) is 10.4. The average molecular weight is 376 g/mol.